The minimum atomic E-state index is -0.362. The normalized spacial score (nSPS) is 32.3. The highest BCUT2D eigenvalue weighted by molar-refractivity contribution is 5.16. The zero-order chi connectivity index (χ0) is 13.5. The summed E-state index contributed by atoms with van der Waals surface area (Å²) >= 11 is 0. The van der Waals surface area contributed by atoms with E-state index in [-0.39, 0.29) is 5.60 Å². The molecule has 1 saturated carbocycles. The summed E-state index contributed by atoms with van der Waals surface area (Å²) in [5.41, 5.74) is 2.21. The summed E-state index contributed by atoms with van der Waals surface area (Å²) in [5, 5.41) is 15.0. The van der Waals surface area contributed by atoms with Crippen molar-refractivity contribution in [3.8, 4) is 0 Å². The van der Waals surface area contributed by atoms with E-state index in [9.17, 15) is 5.11 Å². The molecule has 4 heteroatoms. The fraction of sp³-hybridized carbons (Fsp3) is 0.800. The van der Waals surface area contributed by atoms with Crippen molar-refractivity contribution in [2.75, 3.05) is 13.1 Å². The van der Waals surface area contributed by atoms with E-state index < -0.39 is 0 Å². The molecular formula is C15H25N3O. The van der Waals surface area contributed by atoms with Gasteiger partial charge in [0.1, 0.15) is 0 Å². The van der Waals surface area contributed by atoms with Crippen molar-refractivity contribution in [1.82, 2.24) is 14.7 Å². The van der Waals surface area contributed by atoms with Crippen molar-refractivity contribution in [2.45, 2.75) is 51.2 Å². The Bertz CT molecular complexity index is 456. The molecule has 0 bridgehead atoms. The second-order valence-electron chi connectivity index (χ2n) is 6.41. The number of aryl methyl sites for hydroxylation is 1. The Hall–Kier alpha value is -0.870. The lowest BCUT2D eigenvalue weighted by Gasteiger charge is -2.47. The van der Waals surface area contributed by atoms with E-state index in [1.807, 2.05) is 17.9 Å². The maximum absolute atomic E-state index is 10.7. The van der Waals surface area contributed by atoms with Crippen LogP contribution in [0, 0.1) is 12.8 Å². The Kier molecular flexibility index (Phi) is 3.39. The van der Waals surface area contributed by atoms with E-state index >= 15 is 0 Å². The summed E-state index contributed by atoms with van der Waals surface area (Å²) in [7, 11) is 1.99. The molecule has 1 N–H and O–H groups in total. The molecular weight excluding hydrogens is 238 g/mol. The average molecular weight is 263 g/mol. The van der Waals surface area contributed by atoms with Crippen molar-refractivity contribution in [3.63, 3.8) is 0 Å². The van der Waals surface area contributed by atoms with Gasteiger partial charge in [-0.3, -0.25) is 9.58 Å². The minimum absolute atomic E-state index is 0.362. The third kappa shape index (κ3) is 2.43. The highest BCUT2D eigenvalue weighted by Gasteiger charge is 2.42. The topological polar surface area (TPSA) is 41.3 Å². The van der Waals surface area contributed by atoms with Gasteiger partial charge < -0.3 is 5.11 Å². The fourth-order valence-electron chi connectivity index (χ4n) is 3.72. The number of likely N-dealkylation sites (tertiary alicyclic amines) is 1. The van der Waals surface area contributed by atoms with Gasteiger partial charge in [-0.1, -0.05) is 12.8 Å². The van der Waals surface area contributed by atoms with E-state index in [2.05, 4.69) is 16.9 Å². The number of aliphatic hydroxyl groups is 1. The van der Waals surface area contributed by atoms with Crippen LogP contribution in [0.2, 0.25) is 0 Å². The standard InChI is InChI=1S/C15H25N3O/c1-12-13(9-16-17(12)2)10-18-8-7-15(19)6-4-3-5-14(15)11-18/h9,14,19H,3-8,10-11H2,1-2H3. The van der Waals surface area contributed by atoms with E-state index in [1.165, 1.54) is 30.5 Å². The van der Waals surface area contributed by atoms with E-state index in [0.29, 0.717) is 5.92 Å². The molecule has 2 aliphatic rings. The van der Waals surface area contributed by atoms with Crippen molar-refractivity contribution >= 4 is 0 Å². The van der Waals surface area contributed by atoms with Crippen LogP contribution in [-0.2, 0) is 13.6 Å². The summed E-state index contributed by atoms with van der Waals surface area (Å²) in [5.74, 6) is 0.479. The molecule has 4 nitrogen and oxygen atoms in total. The van der Waals surface area contributed by atoms with Crippen LogP contribution in [0.1, 0.15) is 43.4 Å². The van der Waals surface area contributed by atoms with Gasteiger partial charge in [-0.25, -0.2) is 0 Å². The van der Waals surface area contributed by atoms with Crippen LogP contribution in [0.5, 0.6) is 0 Å². The molecule has 2 heterocycles. The number of hydrogen-bond acceptors (Lipinski definition) is 3. The number of aromatic nitrogens is 2. The molecule has 0 amide bonds. The number of piperidine rings is 1. The number of rotatable bonds is 2. The van der Waals surface area contributed by atoms with E-state index in [0.717, 1.165) is 32.5 Å². The molecule has 3 rings (SSSR count). The van der Waals surface area contributed by atoms with Crippen molar-refractivity contribution < 1.29 is 5.11 Å². The molecule has 2 fully saturated rings. The van der Waals surface area contributed by atoms with E-state index in [4.69, 9.17) is 0 Å². The molecule has 1 aromatic rings. The van der Waals surface area contributed by atoms with Gasteiger partial charge in [0, 0.05) is 43.9 Å². The first-order valence-electron chi connectivity index (χ1n) is 7.51. The summed E-state index contributed by atoms with van der Waals surface area (Å²) in [6.45, 7) is 5.17. The monoisotopic (exact) mass is 263 g/mol. The summed E-state index contributed by atoms with van der Waals surface area (Å²) in [6, 6.07) is 0. The van der Waals surface area contributed by atoms with Crippen LogP contribution in [0.4, 0.5) is 0 Å². The molecule has 0 radical (unpaired) electrons. The number of fused-ring (bicyclic) bond motifs is 1. The van der Waals surface area contributed by atoms with Crippen LogP contribution in [0.3, 0.4) is 0 Å². The van der Waals surface area contributed by atoms with Gasteiger partial charge in [0.05, 0.1) is 11.8 Å². The van der Waals surface area contributed by atoms with Gasteiger partial charge >= 0.3 is 0 Å². The summed E-state index contributed by atoms with van der Waals surface area (Å²) in [6.07, 6.45) is 7.62. The largest absolute Gasteiger partial charge is 0.390 e. The molecule has 1 aliphatic heterocycles. The first kappa shape index (κ1) is 13.1. The first-order chi connectivity index (χ1) is 9.08. The molecule has 0 spiro atoms. The Morgan fingerprint density at radius 2 is 2.26 bits per heavy atom. The number of hydrogen-bond donors (Lipinski definition) is 1. The van der Waals surface area contributed by atoms with Crippen LogP contribution < -0.4 is 0 Å². The van der Waals surface area contributed by atoms with Crippen molar-refractivity contribution in [3.05, 3.63) is 17.5 Å². The molecule has 106 valence electrons. The first-order valence-corrected chi connectivity index (χ1v) is 7.51. The molecule has 2 atom stereocenters. The molecule has 1 aliphatic carbocycles. The highest BCUT2D eigenvalue weighted by Crippen LogP contribution is 2.40. The quantitative estimate of drug-likeness (QED) is 0.885. The second-order valence-corrected chi connectivity index (χ2v) is 6.41. The van der Waals surface area contributed by atoms with Crippen LogP contribution >= 0.6 is 0 Å². The zero-order valence-electron chi connectivity index (χ0n) is 12.1. The Balaban J connectivity index is 1.66. The smallest absolute Gasteiger partial charge is 0.0700 e. The third-order valence-electron chi connectivity index (χ3n) is 5.24. The van der Waals surface area contributed by atoms with Gasteiger partial charge in [-0.15, -0.1) is 0 Å². The lowest BCUT2D eigenvalue weighted by molar-refractivity contribution is -0.0968. The van der Waals surface area contributed by atoms with Crippen LogP contribution in [0.15, 0.2) is 6.20 Å². The van der Waals surface area contributed by atoms with Gasteiger partial charge in [0.25, 0.3) is 0 Å². The lowest BCUT2D eigenvalue weighted by Crippen LogP contribution is -2.52. The predicted molar refractivity (Wildman–Crippen MR) is 74.7 cm³/mol. The number of nitrogens with zero attached hydrogens (tertiary/aromatic N) is 3. The maximum Gasteiger partial charge on any atom is 0.0700 e. The van der Waals surface area contributed by atoms with Crippen molar-refractivity contribution in [1.29, 1.82) is 0 Å². The average Bonchev–Trinajstić information content (AvgIpc) is 2.71. The molecule has 1 saturated heterocycles. The summed E-state index contributed by atoms with van der Waals surface area (Å²) < 4.78 is 1.94. The maximum atomic E-state index is 10.7. The van der Waals surface area contributed by atoms with E-state index in [1.54, 1.807) is 0 Å². The second kappa shape index (κ2) is 4.91. The Morgan fingerprint density at radius 1 is 1.42 bits per heavy atom. The Morgan fingerprint density at radius 3 is 3.00 bits per heavy atom. The van der Waals surface area contributed by atoms with Gasteiger partial charge in [-0.2, -0.15) is 5.10 Å². The fourth-order valence-corrected chi connectivity index (χ4v) is 3.72. The van der Waals surface area contributed by atoms with Crippen molar-refractivity contribution in [2.24, 2.45) is 13.0 Å². The highest BCUT2D eigenvalue weighted by atomic mass is 16.3. The molecule has 1 aromatic heterocycles. The molecule has 2 unspecified atom stereocenters. The third-order valence-corrected chi connectivity index (χ3v) is 5.24. The predicted octanol–water partition coefficient (Wildman–Crippen LogP) is 1.86. The van der Waals surface area contributed by atoms with Gasteiger partial charge in [0.2, 0.25) is 0 Å². The molecule has 0 aromatic carbocycles. The Labute approximate surface area is 115 Å². The molecule has 19 heavy (non-hydrogen) atoms. The van der Waals surface area contributed by atoms with Gasteiger partial charge in [0.15, 0.2) is 0 Å². The summed E-state index contributed by atoms with van der Waals surface area (Å²) in [4.78, 5) is 2.49. The zero-order valence-corrected chi connectivity index (χ0v) is 12.1. The van der Waals surface area contributed by atoms with Crippen LogP contribution in [0.25, 0.3) is 0 Å². The minimum Gasteiger partial charge on any atom is -0.390 e. The van der Waals surface area contributed by atoms with Gasteiger partial charge in [-0.05, 0) is 26.2 Å². The lowest BCUT2D eigenvalue weighted by atomic mass is 9.71. The van der Waals surface area contributed by atoms with Crippen LogP contribution in [-0.4, -0.2) is 38.5 Å². The SMILES string of the molecule is Cc1c(CN2CCC3(O)CCCCC3C2)cnn1C.